The highest BCUT2D eigenvalue weighted by molar-refractivity contribution is 5.93. The van der Waals surface area contributed by atoms with Gasteiger partial charge >= 0.3 is 6.03 Å². The van der Waals surface area contributed by atoms with E-state index in [0.29, 0.717) is 18.5 Å². The number of nitrogens with zero attached hydrogens (tertiary/aromatic N) is 1. The van der Waals surface area contributed by atoms with Gasteiger partial charge in [-0.05, 0) is 37.3 Å². The molecule has 0 aliphatic heterocycles. The SMILES string of the molecule is C[C@@H]1C[C@H]1c1ccc(CN(CCC(=O)NC(N)=O)C2CC2)o1. The molecule has 2 atom stereocenters. The first-order valence-corrected chi connectivity index (χ1v) is 7.95. The predicted octanol–water partition coefficient (Wildman–Crippen LogP) is 1.95. The number of amides is 3. The van der Waals surface area contributed by atoms with Crippen LogP contribution < -0.4 is 11.1 Å². The third-order valence-electron chi connectivity index (χ3n) is 4.47. The fraction of sp³-hybridized carbons (Fsp3) is 0.625. The van der Waals surface area contributed by atoms with Crippen molar-refractivity contribution in [2.24, 2.45) is 11.7 Å². The van der Waals surface area contributed by atoms with Crippen LogP contribution in [0.25, 0.3) is 0 Å². The number of hydrogen-bond donors (Lipinski definition) is 2. The average Bonchev–Trinajstić information content (AvgIpc) is 3.36. The van der Waals surface area contributed by atoms with Crippen molar-refractivity contribution < 1.29 is 14.0 Å². The van der Waals surface area contributed by atoms with E-state index in [1.807, 2.05) is 6.07 Å². The van der Waals surface area contributed by atoms with Crippen LogP contribution >= 0.6 is 0 Å². The molecule has 0 saturated heterocycles. The van der Waals surface area contributed by atoms with E-state index in [2.05, 4.69) is 23.2 Å². The first-order valence-electron chi connectivity index (χ1n) is 7.95. The van der Waals surface area contributed by atoms with Gasteiger partial charge in [0.2, 0.25) is 5.91 Å². The third kappa shape index (κ3) is 3.88. The number of furan rings is 1. The second-order valence-corrected chi connectivity index (χ2v) is 6.49. The molecule has 1 aromatic rings. The van der Waals surface area contributed by atoms with E-state index < -0.39 is 6.03 Å². The fourth-order valence-electron chi connectivity index (χ4n) is 2.87. The minimum absolute atomic E-state index is 0.271. The van der Waals surface area contributed by atoms with Crippen molar-refractivity contribution in [1.29, 1.82) is 0 Å². The number of nitrogens with two attached hydrogens (primary N) is 1. The first-order chi connectivity index (χ1) is 10.5. The minimum Gasteiger partial charge on any atom is -0.464 e. The molecular weight excluding hydrogens is 282 g/mol. The Morgan fingerprint density at radius 3 is 2.73 bits per heavy atom. The Bertz CT molecular complexity index is 565. The van der Waals surface area contributed by atoms with Crippen molar-refractivity contribution in [3.8, 4) is 0 Å². The summed E-state index contributed by atoms with van der Waals surface area (Å²) in [5.74, 6) is 3.03. The second kappa shape index (κ2) is 6.12. The number of hydrogen-bond acceptors (Lipinski definition) is 4. The summed E-state index contributed by atoms with van der Waals surface area (Å²) in [6.45, 7) is 3.57. The lowest BCUT2D eigenvalue weighted by Gasteiger charge is -2.20. The molecule has 0 aromatic carbocycles. The largest absolute Gasteiger partial charge is 0.464 e. The van der Waals surface area contributed by atoms with Crippen LogP contribution in [0.4, 0.5) is 4.79 Å². The van der Waals surface area contributed by atoms with Gasteiger partial charge in [0, 0.05) is 24.9 Å². The lowest BCUT2D eigenvalue weighted by molar-refractivity contribution is -0.120. The summed E-state index contributed by atoms with van der Waals surface area (Å²) in [5, 5.41) is 2.10. The molecule has 2 aliphatic rings. The zero-order chi connectivity index (χ0) is 15.7. The van der Waals surface area contributed by atoms with Crippen LogP contribution in [-0.4, -0.2) is 29.4 Å². The summed E-state index contributed by atoms with van der Waals surface area (Å²) in [5.41, 5.74) is 4.94. The average molecular weight is 305 g/mol. The van der Waals surface area contributed by atoms with Gasteiger partial charge in [0.1, 0.15) is 11.5 Å². The van der Waals surface area contributed by atoms with Crippen LogP contribution in [0, 0.1) is 5.92 Å². The molecule has 3 amide bonds. The molecule has 0 radical (unpaired) electrons. The van der Waals surface area contributed by atoms with E-state index in [0.717, 1.165) is 36.8 Å². The Labute approximate surface area is 130 Å². The Morgan fingerprint density at radius 2 is 2.14 bits per heavy atom. The molecule has 3 N–H and O–H groups in total. The van der Waals surface area contributed by atoms with Gasteiger partial charge in [-0.15, -0.1) is 0 Å². The summed E-state index contributed by atoms with van der Waals surface area (Å²) in [6.07, 6.45) is 3.80. The van der Waals surface area contributed by atoms with Gasteiger partial charge in [0.25, 0.3) is 0 Å². The summed E-state index contributed by atoms with van der Waals surface area (Å²) >= 11 is 0. The maximum absolute atomic E-state index is 11.5. The number of carbonyl (C=O) groups excluding carboxylic acids is 2. The molecule has 120 valence electrons. The van der Waals surface area contributed by atoms with Crippen molar-refractivity contribution in [3.05, 3.63) is 23.7 Å². The molecule has 1 aromatic heterocycles. The highest BCUT2D eigenvalue weighted by Crippen LogP contribution is 2.47. The highest BCUT2D eigenvalue weighted by Gasteiger charge is 2.37. The molecule has 1 heterocycles. The lowest BCUT2D eigenvalue weighted by atomic mass is 10.3. The normalized spacial score (nSPS) is 23.5. The lowest BCUT2D eigenvalue weighted by Crippen LogP contribution is -2.37. The standard InChI is InChI=1S/C16H23N3O3/c1-10-8-13(10)14-5-4-12(22-14)9-19(11-2-3-11)7-6-15(20)18-16(17)21/h4-5,10-11,13H,2-3,6-9H2,1H3,(H3,17,18,20,21)/t10-,13-/m1/s1. The van der Waals surface area contributed by atoms with Gasteiger partial charge in [-0.3, -0.25) is 15.0 Å². The van der Waals surface area contributed by atoms with E-state index in [-0.39, 0.29) is 12.3 Å². The number of imide groups is 1. The molecule has 3 rings (SSSR count). The van der Waals surface area contributed by atoms with E-state index in [1.165, 1.54) is 6.42 Å². The maximum Gasteiger partial charge on any atom is 0.318 e. The van der Waals surface area contributed by atoms with Crippen molar-refractivity contribution in [2.75, 3.05) is 6.54 Å². The monoisotopic (exact) mass is 305 g/mol. The molecule has 2 aliphatic carbocycles. The van der Waals surface area contributed by atoms with Crippen molar-refractivity contribution in [1.82, 2.24) is 10.2 Å². The third-order valence-corrected chi connectivity index (χ3v) is 4.47. The maximum atomic E-state index is 11.5. The minimum atomic E-state index is -0.794. The van der Waals surface area contributed by atoms with Gasteiger partial charge in [-0.2, -0.15) is 0 Å². The van der Waals surface area contributed by atoms with Crippen LogP contribution in [0.15, 0.2) is 16.5 Å². The quantitative estimate of drug-likeness (QED) is 0.806. The summed E-state index contributed by atoms with van der Waals surface area (Å²) in [7, 11) is 0. The molecule has 0 spiro atoms. The second-order valence-electron chi connectivity index (χ2n) is 6.49. The number of rotatable bonds is 7. The van der Waals surface area contributed by atoms with Gasteiger partial charge in [-0.1, -0.05) is 6.92 Å². The first kappa shape index (κ1) is 15.1. The Kier molecular flexibility index (Phi) is 4.20. The van der Waals surface area contributed by atoms with Gasteiger partial charge in [0.05, 0.1) is 6.54 Å². The van der Waals surface area contributed by atoms with E-state index in [9.17, 15) is 9.59 Å². The Morgan fingerprint density at radius 1 is 1.41 bits per heavy atom. The molecule has 2 fully saturated rings. The number of nitrogens with one attached hydrogen (secondary N) is 1. The number of carbonyl (C=O) groups is 2. The van der Waals surface area contributed by atoms with Crippen molar-refractivity contribution in [3.63, 3.8) is 0 Å². The van der Waals surface area contributed by atoms with Gasteiger partial charge < -0.3 is 10.2 Å². The van der Waals surface area contributed by atoms with Gasteiger partial charge in [-0.25, -0.2) is 4.79 Å². The van der Waals surface area contributed by atoms with Gasteiger partial charge in [0.15, 0.2) is 0 Å². The summed E-state index contributed by atoms with van der Waals surface area (Å²) < 4.78 is 5.94. The Hall–Kier alpha value is -1.82. The zero-order valence-electron chi connectivity index (χ0n) is 12.9. The van der Waals surface area contributed by atoms with Crippen LogP contribution in [-0.2, 0) is 11.3 Å². The molecule has 2 saturated carbocycles. The van der Waals surface area contributed by atoms with Crippen LogP contribution in [0.5, 0.6) is 0 Å². The molecule has 0 unspecified atom stereocenters. The zero-order valence-corrected chi connectivity index (χ0v) is 12.9. The van der Waals surface area contributed by atoms with Crippen molar-refractivity contribution in [2.45, 2.75) is 51.1 Å². The predicted molar refractivity (Wildman–Crippen MR) is 81.0 cm³/mol. The highest BCUT2D eigenvalue weighted by atomic mass is 16.3. The summed E-state index contributed by atoms with van der Waals surface area (Å²) in [4.78, 5) is 24.4. The molecule has 22 heavy (non-hydrogen) atoms. The Balaban J connectivity index is 1.52. The van der Waals surface area contributed by atoms with Crippen LogP contribution in [0.3, 0.4) is 0 Å². The van der Waals surface area contributed by atoms with E-state index >= 15 is 0 Å². The topological polar surface area (TPSA) is 88.6 Å². The molecule has 6 heteroatoms. The molecule has 6 nitrogen and oxygen atoms in total. The fourth-order valence-corrected chi connectivity index (χ4v) is 2.87. The smallest absolute Gasteiger partial charge is 0.318 e. The van der Waals surface area contributed by atoms with Crippen LogP contribution in [0.1, 0.15) is 50.0 Å². The number of primary amides is 1. The van der Waals surface area contributed by atoms with E-state index in [4.69, 9.17) is 10.2 Å². The molecular formula is C16H23N3O3. The van der Waals surface area contributed by atoms with E-state index in [1.54, 1.807) is 0 Å². The number of urea groups is 1. The van der Waals surface area contributed by atoms with Crippen LogP contribution in [0.2, 0.25) is 0 Å². The summed E-state index contributed by atoms with van der Waals surface area (Å²) in [6, 6.07) is 3.85. The van der Waals surface area contributed by atoms with Crippen molar-refractivity contribution >= 4 is 11.9 Å². The molecule has 0 bridgehead atoms.